The number of esters is 1. The Hall–Kier alpha value is -2.44. The van der Waals surface area contributed by atoms with E-state index in [0.29, 0.717) is 19.4 Å². The second-order valence-corrected chi connectivity index (χ2v) is 24.2. The zero-order valence-electron chi connectivity index (χ0n) is 53.6. The number of aliphatic hydroxyl groups is 2. The van der Waals surface area contributed by atoms with Crippen molar-refractivity contribution in [1.82, 2.24) is 5.32 Å². The van der Waals surface area contributed by atoms with Crippen LogP contribution in [0.25, 0.3) is 0 Å². The van der Waals surface area contributed by atoms with E-state index in [1.807, 2.05) is 6.08 Å². The van der Waals surface area contributed by atoms with Crippen LogP contribution in [-0.4, -0.2) is 47.4 Å². The maximum Gasteiger partial charge on any atom is 0.305 e. The molecule has 0 bridgehead atoms. The number of rotatable bonds is 66. The smallest absolute Gasteiger partial charge is 0.305 e. The summed E-state index contributed by atoms with van der Waals surface area (Å²) in [4.78, 5) is 24.5. The van der Waals surface area contributed by atoms with Crippen LogP contribution in [0.5, 0.6) is 0 Å². The molecule has 0 aromatic rings. The van der Waals surface area contributed by atoms with Crippen molar-refractivity contribution >= 4 is 11.9 Å². The lowest BCUT2D eigenvalue weighted by atomic mass is 10.0. The third kappa shape index (κ3) is 64.7. The van der Waals surface area contributed by atoms with Crippen LogP contribution in [0.3, 0.4) is 0 Å². The lowest BCUT2D eigenvalue weighted by molar-refractivity contribution is -0.143. The molecular weight excluding hydrogens is 983 g/mol. The van der Waals surface area contributed by atoms with Crippen LogP contribution in [0.4, 0.5) is 0 Å². The number of nitrogens with one attached hydrogen (secondary N) is 1. The fraction of sp³-hybridized carbons (Fsp3) is 0.838. The van der Waals surface area contributed by atoms with E-state index < -0.39 is 12.1 Å². The van der Waals surface area contributed by atoms with E-state index in [9.17, 15) is 19.8 Å². The number of ether oxygens (including phenoxy) is 1. The maximum atomic E-state index is 12.4. The van der Waals surface area contributed by atoms with Crippen molar-refractivity contribution in [3.8, 4) is 0 Å². The monoisotopic (exact) mass is 1120 g/mol. The Morgan fingerprint density at radius 2 is 0.625 bits per heavy atom. The number of carbonyl (C=O) groups excluding carboxylic acids is 2. The Kier molecular flexibility index (Phi) is 66.9. The van der Waals surface area contributed by atoms with Gasteiger partial charge in [0, 0.05) is 12.8 Å². The Bertz CT molecular complexity index is 1380. The minimum Gasteiger partial charge on any atom is -0.466 e. The summed E-state index contributed by atoms with van der Waals surface area (Å²) in [6.45, 7) is 4.88. The third-order valence-electron chi connectivity index (χ3n) is 16.3. The van der Waals surface area contributed by atoms with Crippen molar-refractivity contribution < 1.29 is 24.5 Å². The molecule has 0 spiro atoms. The Labute approximate surface area is 499 Å². The molecule has 6 nitrogen and oxygen atoms in total. The van der Waals surface area contributed by atoms with E-state index >= 15 is 0 Å². The van der Waals surface area contributed by atoms with Gasteiger partial charge in [-0.2, -0.15) is 0 Å². The quantitative estimate of drug-likeness (QED) is 0.0320. The van der Waals surface area contributed by atoms with E-state index in [0.717, 1.165) is 57.8 Å². The van der Waals surface area contributed by atoms with E-state index in [1.165, 1.54) is 289 Å². The number of hydrogen-bond acceptors (Lipinski definition) is 5. The number of carbonyl (C=O) groups is 2. The molecule has 2 atom stereocenters. The van der Waals surface area contributed by atoms with E-state index in [1.54, 1.807) is 6.08 Å². The molecule has 0 aromatic heterocycles. The van der Waals surface area contributed by atoms with Crippen molar-refractivity contribution in [3.63, 3.8) is 0 Å². The summed E-state index contributed by atoms with van der Waals surface area (Å²) in [7, 11) is 0. The summed E-state index contributed by atoms with van der Waals surface area (Å²) in [5, 5.41) is 23.0. The largest absolute Gasteiger partial charge is 0.466 e. The van der Waals surface area contributed by atoms with Gasteiger partial charge >= 0.3 is 5.97 Å². The standard InChI is InChI=1S/C74H137NO5/c1-3-5-7-9-11-13-15-16-17-42-45-48-52-56-60-64-68-74(79)80-69-65-61-57-53-49-46-43-40-38-36-34-32-30-28-26-24-22-20-18-19-21-23-25-27-29-31-33-35-37-39-41-44-47-51-55-59-63-67-73(78)75-71(70-76)72(77)66-62-58-54-50-14-12-10-8-6-4-2/h13,15,17-18,20,24,26,42,62,66,71-72,76-77H,3-12,14,16,19,21-23,25,27-41,43-61,63-65,67-70H2,1-2H3,(H,75,78)/b15-13-,20-18-,26-24-,42-17-,66-62+. The molecule has 0 heterocycles. The van der Waals surface area contributed by atoms with E-state index in [4.69, 9.17) is 4.74 Å². The Balaban J connectivity index is 3.36. The zero-order chi connectivity index (χ0) is 57.8. The van der Waals surface area contributed by atoms with Crippen LogP contribution in [-0.2, 0) is 14.3 Å². The van der Waals surface area contributed by atoms with Gasteiger partial charge in [0.25, 0.3) is 0 Å². The van der Waals surface area contributed by atoms with Crippen LogP contribution in [0, 0.1) is 0 Å². The van der Waals surface area contributed by atoms with Crippen molar-refractivity contribution in [3.05, 3.63) is 60.8 Å². The normalized spacial score (nSPS) is 12.9. The first-order valence-corrected chi connectivity index (χ1v) is 35.6. The number of aliphatic hydroxyl groups excluding tert-OH is 2. The summed E-state index contributed by atoms with van der Waals surface area (Å²) in [5.74, 6) is -0.0618. The summed E-state index contributed by atoms with van der Waals surface area (Å²) < 4.78 is 5.49. The summed E-state index contributed by atoms with van der Waals surface area (Å²) in [6.07, 6.45) is 91.8. The van der Waals surface area contributed by atoms with E-state index in [2.05, 4.69) is 67.8 Å². The van der Waals surface area contributed by atoms with Gasteiger partial charge in [-0.05, 0) is 96.3 Å². The fourth-order valence-corrected chi connectivity index (χ4v) is 10.8. The molecule has 2 unspecified atom stereocenters. The minimum absolute atomic E-state index is 0.00480. The lowest BCUT2D eigenvalue weighted by Gasteiger charge is -2.20. The molecule has 0 aliphatic rings. The van der Waals surface area contributed by atoms with Crippen LogP contribution < -0.4 is 5.32 Å². The first kappa shape index (κ1) is 77.6. The number of hydrogen-bond donors (Lipinski definition) is 3. The number of amides is 1. The van der Waals surface area contributed by atoms with Crippen molar-refractivity contribution in [1.29, 1.82) is 0 Å². The third-order valence-corrected chi connectivity index (χ3v) is 16.3. The van der Waals surface area contributed by atoms with Crippen molar-refractivity contribution in [2.24, 2.45) is 0 Å². The van der Waals surface area contributed by atoms with Crippen LogP contribution in [0.1, 0.15) is 373 Å². The van der Waals surface area contributed by atoms with Crippen molar-refractivity contribution in [2.75, 3.05) is 13.2 Å². The molecule has 3 N–H and O–H groups in total. The molecule has 80 heavy (non-hydrogen) atoms. The number of unbranched alkanes of at least 4 members (excludes halogenated alkanes) is 47. The van der Waals surface area contributed by atoms with Gasteiger partial charge in [-0.1, -0.05) is 325 Å². The molecule has 0 saturated heterocycles. The van der Waals surface area contributed by atoms with Gasteiger partial charge in [-0.25, -0.2) is 0 Å². The van der Waals surface area contributed by atoms with Gasteiger partial charge in [0.1, 0.15) is 0 Å². The summed E-state index contributed by atoms with van der Waals surface area (Å²) in [5.41, 5.74) is 0. The highest BCUT2D eigenvalue weighted by molar-refractivity contribution is 5.76. The average molecular weight is 1120 g/mol. The number of allylic oxidation sites excluding steroid dienone is 9. The molecule has 0 fully saturated rings. The van der Waals surface area contributed by atoms with Gasteiger partial charge in [0.05, 0.1) is 25.4 Å². The highest BCUT2D eigenvalue weighted by atomic mass is 16.5. The molecule has 0 saturated carbocycles. The average Bonchev–Trinajstić information content (AvgIpc) is 3.46. The van der Waals surface area contributed by atoms with Gasteiger partial charge in [-0.15, -0.1) is 0 Å². The SMILES string of the molecule is CCCCCC/C=C\C/C=C\CCCCCCCC(=O)OCCCCCCCCCCCCCCC/C=C\C/C=C\CCCCCCCCCCCCCCCCCCCC(=O)NC(CO)C(O)/C=C/CCCCCCCCCC. The van der Waals surface area contributed by atoms with Gasteiger partial charge in [0.15, 0.2) is 0 Å². The van der Waals surface area contributed by atoms with Crippen LogP contribution >= 0.6 is 0 Å². The molecule has 0 aliphatic carbocycles. The predicted octanol–water partition coefficient (Wildman–Crippen LogP) is 23.0. The van der Waals surface area contributed by atoms with Gasteiger partial charge < -0.3 is 20.3 Å². The topological polar surface area (TPSA) is 95.9 Å². The molecule has 0 radical (unpaired) electrons. The highest BCUT2D eigenvalue weighted by Crippen LogP contribution is 2.18. The van der Waals surface area contributed by atoms with Crippen molar-refractivity contribution in [2.45, 2.75) is 386 Å². The zero-order valence-corrected chi connectivity index (χ0v) is 53.6. The molecule has 0 aromatic carbocycles. The van der Waals surface area contributed by atoms with Gasteiger partial charge in [0.2, 0.25) is 5.91 Å². The first-order chi connectivity index (χ1) is 39.5. The van der Waals surface area contributed by atoms with E-state index in [-0.39, 0.29) is 18.5 Å². The molecule has 468 valence electrons. The second-order valence-electron chi connectivity index (χ2n) is 24.2. The summed E-state index contributed by atoms with van der Waals surface area (Å²) in [6, 6.07) is -0.625. The molecule has 0 rings (SSSR count). The van der Waals surface area contributed by atoms with Crippen LogP contribution in [0.15, 0.2) is 60.8 Å². The summed E-state index contributed by atoms with van der Waals surface area (Å²) >= 11 is 0. The van der Waals surface area contributed by atoms with Gasteiger partial charge in [-0.3, -0.25) is 9.59 Å². The second kappa shape index (κ2) is 69.1. The minimum atomic E-state index is -0.841. The molecule has 0 aliphatic heterocycles. The highest BCUT2D eigenvalue weighted by Gasteiger charge is 2.18. The molecule has 6 heteroatoms. The predicted molar refractivity (Wildman–Crippen MR) is 352 cm³/mol. The van der Waals surface area contributed by atoms with Crippen LogP contribution in [0.2, 0.25) is 0 Å². The lowest BCUT2D eigenvalue weighted by Crippen LogP contribution is -2.45. The molecular formula is C74H137NO5. The Morgan fingerprint density at radius 3 is 0.963 bits per heavy atom. The Morgan fingerprint density at radius 1 is 0.350 bits per heavy atom. The first-order valence-electron chi connectivity index (χ1n) is 35.6. The fourth-order valence-electron chi connectivity index (χ4n) is 10.8. The molecule has 1 amide bonds. The maximum absolute atomic E-state index is 12.4.